The van der Waals surface area contributed by atoms with Gasteiger partial charge in [-0.2, -0.15) is 0 Å². The molecule has 0 saturated carbocycles. The van der Waals surface area contributed by atoms with Crippen LogP contribution in [0.2, 0.25) is 0 Å². The van der Waals surface area contributed by atoms with Crippen LogP contribution >= 0.6 is 12.2 Å². The Morgan fingerprint density at radius 1 is 1.33 bits per heavy atom. The van der Waals surface area contributed by atoms with E-state index in [0.717, 1.165) is 4.99 Å². The molecule has 0 fully saturated rings. The number of rotatable bonds is 2. The summed E-state index contributed by atoms with van der Waals surface area (Å²) < 4.78 is 0. The lowest BCUT2D eigenvalue weighted by molar-refractivity contribution is 0.489. The van der Waals surface area contributed by atoms with Gasteiger partial charge in [-0.3, -0.25) is 0 Å². The van der Waals surface area contributed by atoms with Gasteiger partial charge in [-0.1, -0.05) is 26.1 Å². The molecule has 0 aromatic heterocycles. The lowest BCUT2D eigenvalue weighted by Crippen LogP contribution is -2.33. The first-order valence-corrected chi connectivity index (χ1v) is 3.72. The molecule has 2 heteroatoms. The molecule has 9 heavy (non-hydrogen) atoms. The molecule has 1 nitrogen and oxygen atoms in total. The minimum Gasteiger partial charge on any atom is -0.377 e. The van der Waals surface area contributed by atoms with Crippen molar-refractivity contribution in [2.45, 2.75) is 33.7 Å². The predicted molar refractivity (Wildman–Crippen MR) is 45.7 cm³/mol. The van der Waals surface area contributed by atoms with Gasteiger partial charge < -0.3 is 5.32 Å². The summed E-state index contributed by atoms with van der Waals surface area (Å²) in [4.78, 5) is 0.885. The number of nitrogens with one attached hydrogen (secondary N) is 1. The largest absolute Gasteiger partial charge is 0.377 e. The Labute approximate surface area is 62.8 Å². The summed E-state index contributed by atoms with van der Waals surface area (Å²) in [7, 11) is 0. The number of hydrogen-bond donors (Lipinski definition) is 1. The summed E-state index contributed by atoms with van der Waals surface area (Å²) in [6.45, 7) is 8.40. The molecule has 0 aromatic rings. The Morgan fingerprint density at radius 3 is 1.89 bits per heavy atom. The quantitative estimate of drug-likeness (QED) is 0.596. The SMILES string of the molecule is CC(=S)NC(C)C(C)C. The summed E-state index contributed by atoms with van der Waals surface area (Å²) in [6, 6.07) is 0.502. The Hall–Kier alpha value is -0.110. The average molecular weight is 145 g/mol. The topological polar surface area (TPSA) is 12.0 Å². The van der Waals surface area contributed by atoms with E-state index in [-0.39, 0.29) is 0 Å². The predicted octanol–water partition coefficient (Wildman–Crippen LogP) is 1.97. The van der Waals surface area contributed by atoms with E-state index < -0.39 is 0 Å². The third-order valence-electron chi connectivity index (χ3n) is 1.43. The monoisotopic (exact) mass is 145 g/mol. The van der Waals surface area contributed by atoms with Gasteiger partial charge in [0.1, 0.15) is 0 Å². The van der Waals surface area contributed by atoms with E-state index in [1.54, 1.807) is 0 Å². The highest BCUT2D eigenvalue weighted by Crippen LogP contribution is 1.98. The van der Waals surface area contributed by atoms with Gasteiger partial charge in [0.05, 0.1) is 4.99 Å². The fraction of sp³-hybridized carbons (Fsp3) is 0.857. The van der Waals surface area contributed by atoms with Crippen LogP contribution in [0.15, 0.2) is 0 Å². The third-order valence-corrected chi connectivity index (χ3v) is 1.55. The Balaban J connectivity index is 3.50. The second-order valence-electron chi connectivity index (χ2n) is 2.73. The molecule has 54 valence electrons. The lowest BCUT2D eigenvalue weighted by atomic mass is 10.1. The molecule has 0 aliphatic rings. The molecule has 0 aliphatic heterocycles. The van der Waals surface area contributed by atoms with E-state index in [1.165, 1.54) is 0 Å². The first-order chi connectivity index (χ1) is 4.04. The molecule has 0 rings (SSSR count). The fourth-order valence-electron chi connectivity index (χ4n) is 0.487. The molecule has 0 saturated heterocycles. The zero-order chi connectivity index (χ0) is 7.44. The minimum atomic E-state index is 0.502. The Kier molecular flexibility index (Phi) is 3.78. The van der Waals surface area contributed by atoms with Gasteiger partial charge in [0.25, 0.3) is 0 Å². The van der Waals surface area contributed by atoms with E-state index in [1.807, 2.05) is 6.92 Å². The summed E-state index contributed by atoms with van der Waals surface area (Å²) in [5.74, 6) is 0.655. The van der Waals surface area contributed by atoms with Gasteiger partial charge in [-0.25, -0.2) is 0 Å². The van der Waals surface area contributed by atoms with Crippen LogP contribution in [0.25, 0.3) is 0 Å². The summed E-state index contributed by atoms with van der Waals surface area (Å²) in [6.07, 6.45) is 0. The van der Waals surface area contributed by atoms with Crippen LogP contribution in [0.3, 0.4) is 0 Å². The minimum absolute atomic E-state index is 0.502. The molecular formula is C7H15NS. The van der Waals surface area contributed by atoms with Crippen LogP contribution in [-0.2, 0) is 0 Å². The van der Waals surface area contributed by atoms with E-state index >= 15 is 0 Å². The molecule has 1 N–H and O–H groups in total. The third kappa shape index (κ3) is 4.40. The van der Waals surface area contributed by atoms with E-state index in [0.29, 0.717) is 12.0 Å². The van der Waals surface area contributed by atoms with Crippen molar-refractivity contribution in [3.05, 3.63) is 0 Å². The van der Waals surface area contributed by atoms with Crippen molar-refractivity contribution in [3.8, 4) is 0 Å². The van der Waals surface area contributed by atoms with E-state index in [2.05, 4.69) is 26.1 Å². The van der Waals surface area contributed by atoms with Crippen molar-refractivity contribution in [3.63, 3.8) is 0 Å². The van der Waals surface area contributed by atoms with Crippen molar-refractivity contribution < 1.29 is 0 Å². The molecule has 0 aliphatic carbocycles. The standard InChI is InChI=1S/C7H15NS/c1-5(2)6(3)8-7(4)9/h5-6H,1-4H3,(H,8,9). The molecule has 0 spiro atoms. The van der Waals surface area contributed by atoms with Gasteiger partial charge in [0.2, 0.25) is 0 Å². The van der Waals surface area contributed by atoms with Gasteiger partial charge in [0, 0.05) is 6.04 Å². The van der Waals surface area contributed by atoms with Crippen LogP contribution < -0.4 is 5.32 Å². The molecule has 1 atom stereocenters. The van der Waals surface area contributed by atoms with Crippen molar-refractivity contribution in [2.75, 3.05) is 0 Å². The summed E-state index contributed by atoms with van der Waals surface area (Å²) >= 11 is 4.88. The molecule has 0 radical (unpaired) electrons. The maximum absolute atomic E-state index is 4.88. The zero-order valence-electron chi connectivity index (χ0n) is 6.56. The van der Waals surface area contributed by atoms with Gasteiger partial charge in [-0.15, -0.1) is 0 Å². The maximum Gasteiger partial charge on any atom is 0.0724 e. The van der Waals surface area contributed by atoms with E-state index in [9.17, 15) is 0 Å². The van der Waals surface area contributed by atoms with Crippen LogP contribution in [0, 0.1) is 5.92 Å². The number of thiocarbonyl (C=S) groups is 1. The normalized spacial score (nSPS) is 13.4. The van der Waals surface area contributed by atoms with Gasteiger partial charge in [-0.05, 0) is 19.8 Å². The van der Waals surface area contributed by atoms with Crippen molar-refractivity contribution >= 4 is 17.2 Å². The molecule has 0 aromatic carbocycles. The summed E-state index contributed by atoms with van der Waals surface area (Å²) in [5, 5.41) is 3.17. The maximum atomic E-state index is 4.88. The fourth-order valence-corrected chi connectivity index (χ4v) is 0.673. The smallest absolute Gasteiger partial charge is 0.0724 e. The second kappa shape index (κ2) is 3.83. The van der Waals surface area contributed by atoms with E-state index in [4.69, 9.17) is 12.2 Å². The Bertz CT molecular complexity index is 99.1. The first kappa shape index (κ1) is 8.89. The number of hydrogen-bond acceptors (Lipinski definition) is 1. The van der Waals surface area contributed by atoms with Gasteiger partial charge in [0.15, 0.2) is 0 Å². The second-order valence-corrected chi connectivity index (χ2v) is 3.35. The molecule has 0 bridgehead atoms. The lowest BCUT2D eigenvalue weighted by Gasteiger charge is -2.16. The van der Waals surface area contributed by atoms with Crippen molar-refractivity contribution in [1.82, 2.24) is 5.32 Å². The van der Waals surface area contributed by atoms with Crippen molar-refractivity contribution in [1.29, 1.82) is 0 Å². The highest BCUT2D eigenvalue weighted by Gasteiger charge is 2.04. The average Bonchev–Trinajstić information content (AvgIpc) is 1.63. The molecule has 1 unspecified atom stereocenters. The van der Waals surface area contributed by atoms with Crippen LogP contribution in [0.5, 0.6) is 0 Å². The molecule has 0 amide bonds. The van der Waals surface area contributed by atoms with Crippen LogP contribution in [-0.4, -0.2) is 11.0 Å². The Morgan fingerprint density at radius 2 is 1.78 bits per heavy atom. The summed E-state index contributed by atoms with van der Waals surface area (Å²) in [5.41, 5.74) is 0. The van der Waals surface area contributed by atoms with Crippen molar-refractivity contribution in [2.24, 2.45) is 5.92 Å². The highest BCUT2D eigenvalue weighted by molar-refractivity contribution is 7.80. The highest BCUT2D eigenvalue weighted by atomic mass is 32.1. The zero-order valence-corrected chi connectivity index (χ0v) is 7.38. The van der Waals surface area contributed by atoms with Crippen LogP contribution in [0.1, 0.15) is 27.7 Å². The van der Waals surface area contributed by atoms with Crippen LogP contribution in [0.4, 0.5) is 0 Å². The first-order valence-electron chi connectivity index (χ1n) is 3.31. The molecular weight excluding hydrogens is 130 g/mol. The van der Waals surface area contributed by atoms with Gasteiger partial charge >= 0.3 is 0 Å². The molecule has 0 heterocycles.